The molecule has 0 amide bonds. The van der Waals surface area contributed by atoms with Crippen molar-refractivity contribution in [3.05, 3.63) is 57.0 Å². The Morgan fingerprint density at radius 2 is 1.94 bits per heavy atom. The van der Waals surface area contributed by atoms with Gasteiger partial charge in [-0.15, -0.1) is 11.3 Å². The average Bonchev–Trinajstić information content (AvgIpc) is 2.69. The summed E-state index contributed by atoms with van der Waals surface area (Å²) < 4.78 is 13.9. The molecule has 0 aliphatic rings. The van der Waals surface area contributed by atoms with Gasteiger partial charge in [0.05, 0.1) is 6.04 Å². The number of halogens is 1. The molecule has 0 aliphatic heterocycles. The van der Waals surface area contributed by atoms with Crippen molar-refractivity contribution in [2.45, 2.75) is 19.9 Å². The van der Waals surface area contributed by atoms with Gasteiger partial charge in [0.2, 0.25) is 0 Å². The molecule has 0 saturated carbocycles. The molecule has 17 heavy (non-hydrogen) atoms. The highest BCUT2D eigenvalue weighted by molar-refractivity contribution is 7.12. The third-order valence-electron chi connectivity index (χ3n) is 2.80. The average molecular weight is 249 g/mol. The lowest BCUT2D eigenvalue weighted by Gasteiger charge is -2.16. The molecule has 2 aromatic rings. The Labute approximate surface area is 105 Å². The minimum absolute atomic E-state index is 0.0608. The van der Waals surface area contributed by atoms with Gasteiger partial charge < -0.3 is 5.32 Å². The van der Waals surface area contributed by atoms with Crippen LogP contribution in [0.15, 0.2) is 30.3 Å². The van der Waals surface area contributed by atoms with E-state index >= 15 is 0 Å². The highest BCUT2D eigenvalue weighted by Gasteiger charge is 2.17. The summed E-state index contributed by atoms with van der Waals surface area (Å²) in [7, 11) is 1.86. The first-order valence-corrected chi connectivity index (χ1v) is 6.43. The van der Waals surface area contributed by atoms with Crippen molar-refractivity contribution in [1.82, 2.24) is 5.32 Å². The number of nitrogens with one attached hydrogen (secondary N) is 1. The SMILES string of the molecule is CNC(c1ccc(C)s1)c1ccc(C)cc1F. The van der Waals surface area contributed by atoms with Crippen LogP contribution < -0.4 is 5.32 Å². The van der Waals surface area contributed by atoms with Crippen LogP contribution in [0.4, 0.5) is 4.39 Å². The van der Waals surface area contributed by atoms with Gasteiger partial charge in [0.1, 0.15) is 5.82 Å². The fraction of sp³-hybridized carbons (Fsp3) is 0.286. The Hall–Kier alpha value is -1.19. The van der Waals surface area contributed by atoms with Crippen molar-refractivity contribution in [2.75, 3.05) is 7.05 Å². The van der Waals surface area contributed by atoms with Gasteiger partial charge in [-0.05, 0) is 44.7 Å². The van der Waals surface area contributed by atoms with E-state index < -0.39 is 0 Å². The number of hydrogen-bond donors (Lipinski definition) is 1. The maximum absolute atomic E-state index is 13.9. The third kappa shape index (κ3) is 2.56. The van der Waals surface area contributed by atoms with Gasteiger partial charge >= 0.3 is 0 Å². The smallest absolute Gasteiger partial charge is 0.128 e. The van der Waals surface area contributed by atoms with Crippen LogP contribution in [-0.2, 0) is 0 Å². The zero-order valence-corrected chi connectivity index (χ0v) is 11.1. The van der Waals surface area contributed by atoms with Gasteiger partial charge in [-0.25, -0.2) is 4.39 Å². The highest BCUT2D eigenvalue weighted by atomic mass is 32.1. The molecular formula is C14H16FNS. The predicted molar refractivity (Wildman–Crippen MR) is 71.1 cm³/mol. The van der Waals surface area contributed by atoms with E-state index in [2.05, 4.69) is 24.4 Å². The minimum atomic E-state index is -0.143. The van der Waals surface area contributed by atoms with Gasteiger partial charge in [0.15, 0.2) is 0 Å². The van der Waals surface area contributed by atoms with E-state index in [-0.39, 0.29) is 11.9 Å². The molecule has 1 aromatic carbocycles. The Morgan fingerprint density at radius 3 is 2.47 bits per heavy atom. The molecular weight excluding hydrogens is 233 g/mol. The van der Waals surface area contributed by atoms with E-state index in [1.165, 1.54) is 4.88 Å². The molecule has 1 unspecified atom stereocenters. The van der Waals surface area contributed by atoms with Crippen LogP contribution in [0.5, 0.6) is 0 Å². The van der Waals surface area contributed by atoms with Crippen molar-refractivity contribution < 1.29 is 4.39 Å². The highest BCUT2D eigenvalue weighted by Crippen LogP contribution is 2.29. The quantitative estimate of drug-likeness (QED) is 0.872. The standard InChI is InChI=1S/C14H16FNS/c1-9-4-6-11(12(15)8-9)14(16-3)13-7-5-10(2)17-13/h4-8,14,16H,1-3H3. The molecule has 1 nitrogen and oxygen atoms in total. The Kier molecular flexibility index (Phi) is 3.60. The molecule has 0 saturated heterocycles. The van der Waals surface area contributed by atoms with Crippen LogP contribution >= 0.6 is 11.3 Å². The number of benzene rings is 1. The fourth-order valence-electron chi connectivity index (χ4n) is 1.93. The Bertz CT molecular complexity index is 519. The van der Waals surface area contributed by atoms with Crippen LogP contribution in [0.3, 0.4) is 0 Å². The molecule has 3 heteroatoms. The van der Waals surface area contributed by atoms with Gasteiger partial charge in [-0.2, -0.15) is 0 Å². The monoisotopic (exact) mass is 249 g/mol. The zero-order valence-electron chi connectivity index (χ0n) is 10.3. The van der Waals surface area contributed by atoms with Gasteiger partial charge in [-0.3, -0.25) is 0 Å². The molecule has 1 N–H and O–H groups in total. The largest absolute Gasteiger partial charge is 0.309 e. The number of rotatable bonds is 3. The molecule has 0 spiro atoms. The van der Waals surface area contributed by atoms with Crippen molar-refractivity contribution in [3.8, 4) is 0 Å². The van der Waals surface area contributed by atoms with Crippen LogP contribution in [0.2, 0.25) is 0 Å². The molecule has 0 bridgehead atoms. The maximum Gasteiger partial charge on any atom is 0.128 e. The Morgan fingerprint density at radius 1 is 1.18 bits per heavy atom. The molecule has 0 fully saturated rings. The summed E-state index contributed by atoms with van der Waals surface area (Å²) in [6.45, 7) is 3.96. The van der Waals surface area contributed by atoms with Crippen LogP contribution in [0, 0.1) is 19.7 Å². The van der Waals surface area contributed by atoms with E-state index in [1.807, 2.05) is 26.1 Å². The van der Waals surface area contributed by atoms with E-state index in [4.69, 9.17) is 0 Å². The Balaban J connectivity index is 2.42. The maximum atomic E-state index is 13.9. The second kappa shape index (κ2) is 4.98. The summed E-state index contributed by atoms with van der Waals surface area (Å²) in [6.07, 6.45) is 0. The van der Waals surface area contributed by atoms with Gasteiger partial charge in [-0.1, -0.05) is 12.1 Å². The molecule has 2 rings (SSSR count). The summed E-state index contributed by atoms with van der Waals surface area (Å²) in [6, 6.07) is 9.45. The van der Waals surface area contributed by atoms with E-state index in [0.717, 1.165) is 10.4 Å². The first-order valence-electron chi connectivity index (χ1n) is 5.61. The number of hydrogen-bond acceptors (Lipinski definition) is 2. The van der Waals surface area contributed by atoms with Crippen LogP contribution in [-0.4, -0.2) is 7.05 Å². The summed E-state index contributed by atoms with van der Waals surface area (Å²) in [5, 5.41) is 3.18. The molecule has 1 heterocycles. The van der Waals surface area contributed by atoms with Crippen molar-refractivity contribution in [2.24, 2.45) is 0 Å². The first kappa shape index (κ1) is 12.3. The summed E-state index contributed by atoms with van der Waals surface area (Å²) in [5.41, 5.74) is 1.66. The number of thiophene rings is 1. The molecule has 1 aromatic heterocycles. The molecule has 0 radical (unpaired) electrons. The topological polar surface area (TPSA) is 12.0 Å². The lowest BCUT2D eigenvalue weighted by atomic mass is 10.0. The second-order valence-corrected chi connectivity index (χ2v) is 5.51. The zero-order chi connectivity index (χ0) is 12.4. The summed E-state index contributed by atoms with van der Waals surface area (Å²) >= 11 is 1.70. The van der Waals surface area contributed by atoms with Crippen molar-refractivity contribution in [1.29, 1.82) is 0 Å². The van der Waals surface area contributed by atoms with E-state index in [0.29, 0.717) is 5.56 Å². The predicted octanol–water partition coefficient (Wildman–Crippen LogP) is 3.81. The molecule has 1 atom stereocenters. The van der Waals surface area contributed by atoms with Gasteiger partial charge in [0, 0.05) is 15.3 Å². The van der Waals surface area contributed by atoms with E-state index in [1.54, 1.807) is 17.4 Å². The fourth-order valence-corrected chi connectivity index (χ4v) is 2.93. The lowest BCUT2D eigenvalue weighted by molar-refractivity contribution is 0.578. The second-order valence-electron chi connectivity index (χ2n) is 4.20. The van der Waals surface area contributed by atoms with Crippen molar-refractivity contribution >= 4 is 11.3 Å². The van der Waals surface area contributed by atoms with E-state index in [9.17, 15) is 4.39 Å². The van der Waals surface area contributed by atoms with Gasteiger partial charge in [0.25, 0.3) is 0 Å². The molecule has 90 valence electrons. The normalized spacial score (nSPS) is 12.7. The minimum Gasteiger partial charge on any atom is -0.309 e. The summed E-state index contributed by atoms with van der Waals surface area (Å²) in [4.78, 5) is 2.39. The lowest BCUT2D eigenvalue weighted by Crippen LogP contribution is -2.17. The molecule has 0 aliphatic carbocycles. The number of aryl methyl sites for hydroxylation is 2. The third-order valence-corrected chi connectivity index (χ3v) is 3.87. The van der Waals surface area contributed by atoms with Crippen molar-refractivity contribution in [3.63, 3.8) is 0 Å². The van der Waals surface area contributed by atoms with Crippen LogP contribution in [0.1, 0.15) is 26.9 Å². The first-order chi connectivity index (χ1) is 8.11. The van der Waals surface area contributed by atoms with Crippen LogP contribution in [0.25, 0.3) is 0 Å². The summed E-state index contributed by atoms with van der Waals surface area (Å²) in [5.74, 6) is -0.143.